The van der Waals surface area contributed by atoms with Crippen LogP contribution in [0.3, 0.4) is 0 Å². The molecule has 1 saturated heterocycles. The zero-order valence-corrected chi connectivity index (χ0v) is 21.7. The predicted molar refractivity (Wildman–Crippen MR) is 140 cm³/mol. The molecule has 9 heteroatoms. The maximum atomic E-state index is 14.6. The largest absolute Gasteiger partial charge is 0.466 e. The summed E-state index contributed by atoms with van der Waals surface area (Å²) in [5, 5.41) is 0. The van der Waals surface area contributed by atoms with Crippen LogP contribution in [0.2, 0.25) is 0 Å². The Balaban J connectivity index is 1.54. The molecule has 0 N–H and O–H groups in total. The molecule has 196 valence electrons. The average molecular weight is 535 g/mol. The van der Waals surface area contributed by atoms with Crippen molar-refractivity contribution in [3.05, 3.63) is 89.2 Å². The number of fused-ring (bicyclic) bond motifs is 2. The molecule has 2 atom stereocenters. The highest BCUT2D eigenvalue weighted by Gasteiger charge is 2.34. The first-order chi connectivity index (χ1) is 18.4. The molecule has 0 aromatic heterocycles. The van der Waals surface area contributed by atoms with Gasteiger partial charge in [0, 0.05) is 24.2 Å². The second-order valence-electron chi connectivity index (χ2n) is 9.27. The molecule has 0 radical (unpaired) electrons. The van der Waals surface area contributed by atoms with Gasteiger partial charge >= 0.3 is 5.97 Å². The van der Waals surface area contributed by atoms with Gasteiger partial charge < -0.3 is 14.5 Å². The Morgan fingerprint density at radius 3 is 2.61 bits per heavy atom. The summed E-state index contributed by atoms with van der Waals surface area (Å²) in [6.07, 6.45) is 1.31. The van der Waals surface area contributed by atoms with Gasteiger partial charge in [-0.05, 0) is 56.2 Å². The second kappa shape index (κ2) is 10.9. The summed E-state index contributed by atoms with van der Waals surface area (Å²) in [6.45, 7) is 2.65. The highest BCUT2D eigenvalue weighted by Crippen LogP contribution is 2.36. The Bertz CT molecular complexity index is 1440. The smallest absolute Gasteiger partial charge is 0.310 e. The normalized spacial score (nSPS) is 18.8. The minimum absolute atomic E-state index is 0.101. The van der Waals surface area contributed by atoms with Gasteiger partial charge in [-0.15, -0.1) is 0 Å². The van der Waals surface area contributed by atoms with Crippen LogP contribution in [0.1, 0.15) is 46.0 Å². The molecule has 0 spiro atoms. The fourth-order valence-electron chi connectivity index (χ4n) is 4.95. The molecular weight excluding hydrogens is 507 g/mol. The molecule has 1 fully saturated rings. The summed E-state index contributed by atoms with van der Waals surface area (Å²) in [7, 11) is -1.70. The van der Waals surface area contributed by atoms with Crippen molar-refractivity contribution < 1.29 is 27.7 Å². The van der Waals surface area contributed by atoms with Crippen LogP contribution < -0.4 is 4.90 Å². The summed E-state index contributed by atoms with van der Waals surface area (Å²) >= 11 is 0. The third kappa shape index (κ3) is 4.86. The lowest BCUT2D eigenvalue weighted by Crippen LogP contribution is -2.43. The van der Waals surface area contributed by atoms with E-state index >= 15 is 0 Å². The van der Waals surface area contributed by atoms with Gasteiger partial charge in [-0.1, -0.05) is 30.3 Å². The molecule has 2 heterocycles. The van der Waals surface area contributed by atoms with Crippen molar-refractivity contribution in [3.63, 3.8) is 0 Å². The number of amides is 2. The molecule has 0 aliphatic carbocycles. The SMILES string of the molecule is CCOC(=O)[C@@H]1CCCN(C(=O)c2ccc3c(c2)N(Cc2ccccc2F)C(=O)c2ccccc2[S@@]3=O)C1. The van der Waals surface area contributed by atoms with E-state index in [-0.39, 0.29) is 42.8 Å². The molecule has 3 aromatic carbocycles. The number of rotatable bonds is 5. The van der Waals surface area contributed by atoms with E-state index < -0.39 is 28.4 Å². The maximum Gasteiger partial charge on any atom is 0.310 e. The highest BCUT2D eigenvalue weighted by atomic mass is 32.2. The Hall–Kier alpha value is -3.85. The van der Waals surface area contributed by atoms with Crippen molar-refractivity contribution in [2.45, 2.75) is 36.1 Å². The number of carbonyl (C=O) groups excluding carboxylic acids is 3. The standard InChI is InChI=1S/C29H27FN2O5S/c1-2-37-29(35)21-9-7-15-31(17-21)27(33)19-13-14-26-24(16-19)32(18-20-8-3-5-11-23(20)30)28(34)22-10-4-6-12-25(22)38(26)36/h3-6,8,10-14,16,21H,2,7,9,15,17-18H2,1H3/t21-,38+/m1/s1. The molecule has 0 saturated carbocycles. The fourth-order valence-corrected chi connectivity index (χ4v) is 6.29. The zero-order valence-electron chi connectivity index (χ0n) is 20.9. The topological polar surface area (TPSA) is 84.0 Å². The van der Waals surface area contributed by atoms with Crippen molar-refractivity contribution >= 4 is 34.3 Å². The number of esters is 1. The van der Waals surface area contributed by atoms with E-state index in [9.17, 15) is 23.0 Å². The quantitative estimate of drug-likeness (QED) is 0.448. The molecular formula is C29H27FN2O5S. The summed E-state index contributed by atoms with van der Waals surface area (Å²) in [4.78, 5) is 43.3. The highest BCUT2D eigenvalue weighted by molar-refractivity contribution is 7.85. The average Bonchev–Trinajstić information content (AvgIpc) is 3.03. The van der Waals surface area contributed by atoms with Crippen LogP contribution in [-0.4, -0.2) is 46.6 Å². The van der Waals surface area contributed by atoms with Gasteiger partial charge in [-0.3, -0.25) is 14.4 Å². The molecule has 0 bridgehead atoms. The summed E-state index contributed by atoms with van der Waals surface area (Å²) in [5.74, 6) is -1.91. The number of anilines is 1. The number of piperidine rings is 1. The van der Waals surface area contributed by atoms with Gasteiger partial charge in [0.1, 0.15) is 5.82 Å². The number of nitrogens with zero attached hydrogens (tertiary/aromatic N) is 2. The molecule has 2 amide bonds. The first-order valence-corrected chi connectivity index (χ1v) is 13.7. The van der Waals surface area contributed by atoms with E-state index in [4.69, 9.17) is 4.74 Å². The number of halogens is 1. The van der Waals surface area contributed by atoms with Gasteiger partial charge in [0.15, 0.2) is 0 Å². The van der Waals surface area contributed by atoms with Crippen LogP contribution in [0.25, 0.3) is 0 Å². The molecule has 7 nitrogen and oxygen atoms in total. The van der Waals surface area contributed by atoms with Crippen molar-refractivity contribution in [2.75, 3.05) is 24.6 Å². The Labute approximate surface area is 222 Å². The molecule has 0 unspecified atom stereocenters. The van der Waals surface area contributed by atoms with E-state index in [1.54, 1.807) is 72.5 Å². The lowest BCUT2D eigenvalue weighted by Gasteiger charge is -2.32. The fraction of sp³-hybridized carbons (Fsp3) is 0.276. The van der Waals surface area contributed by atoms with Crippen molar-refractivity contribution in [3.8, 4) is 0 Å². The Morgan fingerprint density at radius 2 is 1.82 bits per heavy atom. The summed E-state index contributed by atoms with van der Waals surface area (Å²) < 4.78 is 33.4. The number of likely N-dealkylation sites (tertiary alicyclic amines) is 1. The third-order valence-corrected chi connectivity index (χ3v) is 8.37. The van der Waals surface area contributed by atoms with Crippen LogP contribution in [0.5, 0.6) is 0 Å². The zero-order chi connectivity index (χ0) is 26.8. The summed E-state index contributed by atoms with van der Waals surface area (Å²) in [5.41, 5.74) is 1.14. The van der Waals surface area contributed by atoms with Crippen LogP contribution >= 0.6 is 0 Å². The Morgan fingerprint density at radius 1 is 1.05 bits per heavy atom. The summed E-state index contributed by atoms with van der Waals surface area (Å²) in [6, 6.07) is 17.5. The van der Waals surface area contributed by atoms with Crippen molar-refractivity contribution in [1.82, 2.24) is 4.90 Å². The number of hydrogen-bond donors (Lipinski definition) is 0. The van der Waals surface area contributed by atoms with E-state index in [2.05, 4.69) is 0 Å². The lowest BCUT2D eigenvalue weighted by atomic mass is 9.97. The van der Waals surface area contributed by atoms with Gasteiger partial charge in [0.2, 0.25) is 0 Å². The lowest BCUT2D eigenvalue weighted by molar-refractivity contribution is -0.149. The minimum atomic E-state index is -1.70. The first kappa shape index (κ1) is 25.8. The molecule has 38 heavy (non-hydrogen) atoms. The van der Waals surface area contributed by atoms with E-state index in [0.29, 0.717) is 40.3 Å². The van der Waals surface area contributed by atoms with Crippen LogP contribution in [0, 0.1) is 11.7 Å². The molecule has 2 aliphatic heterocycles. The molecule has 2 aliphatic rings. The number of ether oxygens (including phenoxy) is 1. The molecule has 5 rings (SSSR count). The van der Waals surface area contributed by atoms with Gasteiger partial charge in [-0.25, -0.2) is 8.60 Å². The number of hydrogen-bond acceptors (Lipinski definition) is 5. The van der Waals surface area contributed by atoms with Gasteiger partial charge in [0.25, 0.3) is 11.8 Å². The van der Waals surface area contributed by atoms with Crippen molar-refractivity contribution in [1.29, 1.82) is 0 Å². The van der Waals surface area contributed by atoms with Crippen LogP contribution in [0.4, 0.5) is 10.1 Å². The monoisotopic (exact) mass is 534 g/mol. The van der Waals surface area contributed by atoms with Gasteiger partial charge in [-0.2, -0.15) is 0 Å². The van der Waals surface area contributed by atoms with E-state index in [0.717, 1.165) is 0 Å². The second-order valence-corrected chi connectivity index (χ2v) is 10.7. The van der Waals surface area contributed by atoms with Crippen LogP contribution in [0.15, 0.2) is 76.5 Å². The minimum Gasteiger partial charge on any atom is -0.466 e. The van der Waals surface area contributed by atoms with Crippen LogP contribution in [-0.2, 0) is 26.9 Å². The maximum absolute atomic E-state index is 14.6. The number of carbonyl (C=O) groups is 3. The van der Waals surface area contributed by atoms with E-state index in [1.807, 2.05) is 0 Å². The van der Waals surface area contributed by atoms with Crippen molar-refractivity contribution in [2.24, 2.45) is 5.92 Å². The van der Waals surface area contributed by atoms with Gasteiger partial charge in [0.05, 0.1) is 50.9 Å². The Kier molecular flexibility index (Phi) is 7.37. The number of benzene rings is 3. The van der Waals surface area contributed by atoms with E-state index in [1.165, 1.54) is 11.0 Å². The first-order valence-electron chi connectivity index (χ1n) is 12.5. The molecule has 3 aromatic rings. The predicted octanol–water partition coefficient (Wildman–Crippen LogP) is 4.57. The third-order valence-electron chi connectivity index (χ3n) is 6.87.